The summed E-state index contributed by atoms with van der Waals surface area (Å²) in [6, 6.07) is 0. The Hall–Kier alpha value is -1.19. The van der Waals surface area contributed by atoms with Crippen LogP contribution in [-0.4, -0.2) is 14.5 Å². The zero-order valence-corrected chi connectivity index (χ0v) is 10.3. The Labute approximate surface area is 90.4 Å². The fourth-order valence-electron chi connectivity index (χ4n) is 1.36. The summed E-state index contributed by atoms with van der Waals surface area (Å²) in [7, 11) is 0. The van der Waals surface area contributed by atoms with Crippen LogP contribution in [0.25, 0.3) is 0 Å². The molecule has 0 saturated heterocycles. The van der Waals surface area contributed by atoms with E-state index >= 15 is 0 Å². The summed E-state index contributed by atoms with van der Waals surface area (Å²) in [6.45, 7) is 12.3. The number of aromatic nitrogens is 3. The van der Waals surface area contributed by atoms with Gasteiger partial charge in [-0.3, -0.25) is 0 Å². The molecule has 0 aromatic carbocycles. The van der Waals surface area contributed by atoms with Crippen molar-refractivity contribution in [2.75, 3.05) is 0 Å². The van der Waals surface area contributed by atoms with Crippen molar-refractivity contribution in [2.45, 2.75) is 52.5 Å². The Morgan fingerprint density at radius 2 is 1.67 bits per heavy atom. The van der Waals surface area contributed by atoms with E-state index in [-0.39, 0.29) is 11.0 Å². The van der Waals surface area contributed by atoms with Crippen LogP contribution < -0.4 is 5.69 Å². The highest BCUT2D eigenvalue weighted by Gasteiger charge is 2.25. The molecular weight excluding hydrogens is 190 g/mol. The maximum Gasteiger partial charge on any atom is 0.370 e. The summed E-state index contributed by atoms with van der Waals surface area (Å²) in [5.41, 5.74) is -0.688. The Kier molecular flexibility index (Phi) is 2.72. The third-order valence-corrected chi connectivity index (χ3v) is 2.11. The quantitative estimate of drug-likeness (QED) is 0.653. The van der Waals surface area contributed by atoms with Gasteiger partial charge in [-0.05, 0) is 20.8 Å². The fourth-order valence-corrected chi connectivity index (χ4v) is 1.36. The molecule has 0 atom stereocenters. The Bertz CT molecular complexity index is 407. The van der Waals surface area contributed by atoms with Gasteiger partial charge in [0.15, 0.2) is 0 Å². The van der Waals surface area contributed by atoms with Crippen LogP contribution in [0.15, 0.2) is 11.1 Å². The minimum absolute atomic E-state index is 0.115. The Balaban J connectivity index is 3.48. The molecule has 0 unspecified atom stereocenters. The van der Waals surface area contributed by atoms with E-state index in [4.69, 9.17) is 0 Å². The highest BCUT2D eigenvalue weighted by Crippen LogP contribution is 2.23. The van der Waals surface area contributed by atoms with Gasteiger partial charge >= 0.3 is 5.69 Å². The minimum Gasteiger partial charge on any atom is -0.314 e. The molecule has 1 rings (SSSR count). The molecule has 0 fully saturated rings. The lowest BCUT2D eigenvalue weighted by Gasteiger charge is -2.30. The molecule has 0 saturated carbocycles. The van der Waals surface area contributed by atoms with E-state index in [2.05, 4.69) is 30.7 Å². The summed E-state index contributed by atoms with van der Waals surface area (Å²) in [4.78, 5) is 18.9. The number of hydrogen-bond acceptors (Lipinski definition) is 3. The molecule has 0 N–H and O–H groups in total. The first-order valence-corrected chi connectivity index (χ1v) is 5.09. The van der Waals surface area contributed by atoms with E-state index in [0.717, 1.165) is 5.82 Å². The molecule has 15 heavy (non-hydrogen) atoms. The van der Waals surface area contributed by atoms with Crippen LogP contribution in [0, 0.1) is 0 Å². The highest BCUT2D eigenvalue weighted by molar-refractivity contribution is 5.04. The van der Waals surface area contributed by atoms with Crippen LogP contribution >= 0.6 is 0 Å². The van der Waals surface area contributed by atoms with Gasteiger partial charge in [-0.2, -0.15) is 9.97 Å². The molecule has 0 bridgehead atoms. The van der Waals surface area contributed by atoms with Crippen molar-refractivity contribution >= 4 is 0 Å². The molecule has 1 aromatic heterocycles. The van der Waals surface area contributed by atoms with Gasteiger partial charge in [0.2, 0.25) is 0 Å². The molecule has 1 heterocycles. The van der Waals surface area contributed by atoms with Crippen molar-refractivity contribution < 1.29 is 0 Å². The van der Waals surface area contributed by atoms with Crippen molar-refractivity contribution in [1.29, 1.82) is 0 Å². The van der Waals surface area contributed by atoms with Gasteiger partial charge in [-0.15, -0.1) is 0 Å². The topological polar surface area (TPSA) is 47.8 Å². The summed E-state index contributed by atoms with van der Waals surface area (Å²) in [5.74, 6) is 0.773. The van der Waals surface area contributed by atoms with Crippen LogP contribution in [0.1, 0.15) is 47.4 Å². The van der Waals surface area contributed by atoms with Gasteiger partial charge in [0.1, 0.15) is 12.2 Å². The van der Waals surface area contributed by atoms with Gasteiger partial charge in [0.25, 0.3) is 0 Å². The molecule has 0 aliphatic rings. The van der Waals surface area contributed by atoms with Crippen molar-refractivity contribution in [3.63, 3.8) is 0 Å². The molecule has 4 heteroatoms. The van der Waals surface area contributed by atoms with Crippen molar-refractivity contribution in [3.8, 4) is 0 Å². The lowest BCUT2D eigenvalue weighted by molar-refractivity contribution is 0.336. The van der Waals surface area contributed by atoms with E-state index in [1.54, 1.807) is 6.33 Å². The van der Waals surface area contributed by atoms with E-state index in [1.807, 2.05) is 25.3 Å². The van der Waals surface area contributed by atoms with Crippen LogP contribution in [0.2, 0.25) is 0 Å². The average molecular weight is 209 g/mol. The zero-order valence-electron chi connectivity index (χ0n) is 10.3. The van der Waals surface area contributed by atoms with Crippen LogP contribution in [-0.2, 0) is 11.0 Å². The number of hydrogen-bond donors (Lipinski definition) is 0. The molecule has 0 radical (unpaired) electrons. The van der Waals surface area contributed by atoms with Crippen molar-refractivity contribution in [1.82, 2.24) is 14.5 Å². The second-order valence-electron chi connectivity index (χ2n) is 5.75. The molecule has 4 nitrogen and oxygen atoms in total. The normalized spacial score (nSPS) is 12.9. The third kappa shape index (κ3) is 2.64. The summed E-state index contributed by atoms with van der Waals surface area (Å²) in [5, 5.41) is 0. The maximum absolute atomic E-state index is 11.2. The molecule has 0 amide bonds. The van der Waals surface area contributed by atoms with Gasteiger partial charge in [-0.1, -0.05) is 20.8 Å². The second kappa shape index (κ2) is 3.43. The first kappa shape index (κ1) is 11.9. The first-order valence-electron chi connectivity index (χ1n) is 5.09. The second-order valence-corrected chi connectivity index (χ2v) is 5.75. The number of rotatable bonds is 0. The largest absolute Gasteiger partial charge is 0.370 e. The lowest BCUT2D eigenvalue weighted by Crippen LogP contribution is -2.35. The zero-order chi connectivity index (χ0) is 11.9. The van der Waals surface area contributed by atoms with E-state index in [9.17, 15) is 4.79 Å². The third-order valence-electron chi connectivity index (χ3n) is 2.11. The summed E-state index contributed by atoms with van der Waals surface area (Å²) < 4.78 is 1.95. The summed E-state index contributed by atoms with van der Waals surface area (Å²) >= 11 is 0. The summed E-state index contributed by atoms with van der Waals surface area (Å²) in [6.07, 6.45) is 1.58. The monoisotopic (exact) mass is 209 g/mol. The van der Waals surface area contributed by atoms with Crippen molar-refractivity contribution in [3.05, 3.63) is 22.6 Å². The molecular formula is C11H19N3O. The van der Waals surface area contributed by atoms with Crippen LogP contribution in [0.3, 0.4) is 0 Å². The minimum atomic E-state index is -0.416. The predicted molar refractivity (Wildman–Crippen MR) is 60.0 cm³/mol. The van der Waals surface area contributed by atoms with E-state index in [0.29, 0.717) is 0 Å². The molecule has 0 aliphatic heterocycles. The van der Waals surface area contributed by atoms with Crippen LogP contribution in [0.4, 0.5) is 0 Å². The molecule has 84 valence electrons. The first-order chi connectivity index (χ1) is 6.62. The van der Waals surface area contributed by atoms with Crippen molar-refractivity contribution in [2.24, 2.45) is 0 Å². The van der Waals surface area contributed by atoms with Gasteiger partial charge < -0.3 is 4.57 Å². The van der Waals surface area contributed by atoms with Crippen LogP contribution in [0.5, 0.6) is 0 Å². The lowest BCUT2D eigenvalue weighted by atomic mass is 9.94. The Morgan fingerprint density at radius 1 is 1.13 bits per heavy atom. The standard InChI is InChI=1S/C11H19N3O/c1-10(2,3)8-13-9(15)12-7-14(8)11(4,5)6/h7H,1-6H3. The van der Waals surface area contributed by atoms with E-state index in [1.165, 1.54) is 0 Å². The maximum atomic E-state index is 11.2. The fraction of sp³-hybridized carbons (Fsp3) is 0.727. The Morgan fingerprint density at radius 3 is 2.07 bits per heavy atom. The molecule has 0 spiro atoms. The predicted octanol–water partition coefficient (Wildman–Crippen LogP) is 1.69. The molecule has 0 aliphatic carbocycles. The SMILES string of the molecule is CC(C)(C)c1nc(=O)ncn1C(C)(C)C. The van der Waals surface area contributed by atoms with Gasteiger partial charge in [-0.25, -0.2) is 4.79 Å². The number of nitrogens with zero attached hydrogens (tertiary/aromatic N) is 3. The molecule has 1 aromatic rings. The van der Waals surface area contributed by atoms with E-state index < -0.39 is 5.69 Å². The smallest absolute Gasteiger partial charge is 0.314 e. The van der Waals surface area contributed by atoms with Gasteiger partial charge in [0.05, 0.1) is 0 Å². The highest BCUT2D eigenvalue weighted by atomic mass is 16.1. The van der Waals surface area contributed by atoms with Gasteiger partial charge in [0, 0.05) is 11.0 Å². The average Bonchev–Trinajstić information content (AvgIpc) is 2.00.